The lowest BCUT2D eigenvalue weighted by Gasteiger charge is -2.23. The first-order chi connectivity index (χ1) is 13.8. The molecule has 1 aliphatic carbocycles. The van der Waals surface area contributed by atoms with Gasteiger partial charge in [-0.05, 0) is 72.3 Å². The molecule has 0 N–H and O–H groups in total. The molecule has 142 valence electrons. The number of rotatable bonds is 3. The SMILES string of the molecule is C1=Cc2cc(-c3cc4n(n3)CCC43CCN(Cc4ccsc4)C3)cnc2CC1. The Morgan fingerprint density at radius 2 is 2.14 bits per heavy atom. The van der Waals surface area contributed by atoms with Gasteiger partial charge in [0.05, 0.1) is 5.69 Å². The van der Waals surface area contributed by atoms with Gasteiger partial charge in [-0.2, -0.15) is 16.4 Å². The first kappa shape index (κ1) is 16.7. The van der Waals surface area contributed by atoms with Gasteiger partial charge in [-0.3, -0.25) is 14.6 Å². The summed E-state index contributed by atoms with van der Waals surface area (Å²) in [5.74, 6) is 0. The van der Waals surface area contributed by atoms with Crippen LogP contribution in [0.3, 0.4) is 0 Å². The zero-order valence-corrected chi connectivity index (χ0v) is 16.8. The van der Waals surface area contributed by atoms with Crippen LogP contribution < -0.4 is 0 Å². The van der Waals surface area contributed by atoms with E-state index in [-0.39, 0.29) is 5.41 Å². The highest BCUT2D eigenvalue weighted by molar-refractivity contribution is 7.07. The van der Waals surface area contributed by atoms with Crippen molar-refractivity contribution in [2.24, 2.45) is 0 Å². The molecule has 0 amide bonds. The molecule has 3 aromatic heterocycles. The van der Waals surface area contributed by atoms with Crippen LogP contribution in [0.2, 0.25) is 0 Å². The van der Waals surface area contributed by atoms with E-state index in [0.717, 1.165) is 43.7 Å². The van der Waals surface area contributed by atoms with Crippen LogP contribution in [0.1, 0.15) is 41.8 Å². The van der Waals surface area contributed by atoms with Crippen molar-refractivity contribution in [2.45, 2.75) is 44.2 Å². The predicted molar refractivity (Wildman–Crippen MR) is 113 cm³/mol. The molecule has 1 unspecified atom stereocenters. The number of hydrogen-bond acceptors (Lipinski definition) is 4. The van der Waals surface area contributed by atoms with Crippen molar-refractivity contribution in [3.05, 3.63) is 63.7 Å². The third kappa shape index (κ3) is 2.68. The first-order valence-corrected chi connectivity index (χ1v) is 11.2. The molecule has 1 fully saturated rings. The van der Waals surface area contributed by atoms with Crippen LogP contribution in [0, 0.1) is 0 Å². The van der Waals surface area contributed by atoms with Gasteiger partial charge in [0.15, 0.2) is 0 Å². The molecule has 1 saturated heterocycles. The first-order valence-electron chi connectivity index (χ1n) is 10.3. The molecule has 0 saturated carbocycles. The predicted octanol–water partition coefficient (Wildman–Crippen LogP) is 4.51. The minimum Gasteiger partial charge on any atom is -0.298 e. The van der Waals surface area contributed by atoms with E-state index >= 15 is 0 Å². The number of thiophene rings is 1. The second-order valence-electron chi connectivity index (χ2n) is 8.46. The summed E-state index contributed by atoms with van der Waals surface area (Å²) in [4.78, 5) is 7.33. The molecule has 5 heteroatoms. The van der Waals surface area contributed by atoms with Crippen molar-refractivity contribution in [3.8, 4) is 11.3 Å². The lowest BCUT2D eigenvalue weighted by molar-refractivity contribution is 0.302. The molecule has 0 aromatic carbocycles. The number of hydrogen-bond donors (Lipinski definition) is 0. The maximum atomic E-state index is 4.97. The number of aromatic nitrogens is 3. The fourth-order valence-electron chi connectivity index (χ4n) is 5.18. The van der Waals surface area contributed by atoms with Crippen molar-refractivity contribution in [1.82, 2.24) is 19.7 Å². The second-order valence-corrected chi connectivity index (χ2v) is 9.24. The van der Waals surface area contributed by atoms with Crippen LogP contribution in [-0.2, 0) is 24.9 Å². The Balaban J connectivity index is 1.28. The number of pyridine rings is 1. The van der Waals surface area contributed by atoms with E-state index in [2.05, 4.69) is 50.7 Å². The standard InChI is InChI=1S/C23H24N4S/c1-2-4-20-18(3-1)11-19(13-24-20)21-12-22-23(7-9-27(22)25-21)6-8-26(16-23)14-17-5-10-28-15-17/h1,3,5,10-13,15H,2,4,6-9,14,16H2. The molecule has 28 heavy (non-hydrogen) atoms. The normalized spacial score (nSPS) is 23.4. The zero-order valence-electron chi connectivity index (χ0n) is 16.0. The maximum absolute atomic E-state index is 4.97. The summed E-state index contributed by atoms with van der Waals surface area (Å²) in [5, 5.41) is 9.42. The molecular formula is C23H24N4S. The van der Waals surface area contributed by atoms with Gasteiger partial charge in [-0.25, -0.2) is 0 Å². The van der Waals surface area contributed by atoms with Gasteiger partial charge in [0, 0.05) is 48.2 Å². The van der Waals surface area contributed by atoms with Crippen LogP contribution in [0.25, 0.3) is 17.3 Å². The second kappa shape index (κ2) is 6.39. The van der Waals surface area contributed by atoms with Crippen molar-refractivity contribution >= 4 is 17.4 Å². The van der Waals surface area contributed by atoms with Gasteiger partial charge in [-0.15, -0.1) is 0 Å². The summed E-state index contributed by atoms with van der Waals surface area (Å²) in [6, 6.07) is 6.86. The van der Waals surface area contributed by atoms with Crippen LogP contribution in [0.5, 0.6) is 0 Å². The minimum absolute atomic E-state index is 0.281. The largest absolute Gasteiger partial charge is 0.298 e. The molecule has 6 rings (SSSR count). The van der Waals surface area contributed by atoms with E-state index < -0.39 is 0 Å². The van der Waals surface area contributed by atoms with Crippen molar-refractivity contribution in [3.63, 3.8) is 0 Å². The van der Waals surface area contributed by atoms with Gasteiger partial charge >= 0.3 is 0 Å². The van der Waals surface area contributed by atoms with Crippen LogP contribution >= 0.6 is 11.3 Å². The van der Waals surface area contributed by atoms with Crippen LogP contribution in [0.4, 0.5) is 0 Å². The summed E-state index contributed by atoms with van der Waals surface area (Å²) in [5.41, 5.74) is 7.87. The zero-order chi connectivity index (χ0) is 18.6. The van der Waals surface area contributed by atoms with Crippen molar-refractivity contribution in [1.29, 1.82) is 0 Å². The monoisotopic (exact) mass is 388 g/mol. The van der Waals surface area contributed by atoms with Gasteiger partial charge < -0.3 is 0 Å². The van der Waals surface area contributed by atoms with Crippen molar-refractivity contribution < 1.29 is 0 Å². The Labute approximate surface area is 169 Å². The molecule has 3 aliphatic rings. The summed E-state index contributed by atoms with van der Waals surface area (Å²) in [6.07, 6.45) is 11.1. The molecule has 1 spiro atoms. The maximum Gasteiger partial charge on any atom is 0.0941 e. The average molecular weight is 389 g/mol. The Morgan fingerprint density at radius 1 is 1.18 bits per heavy atom. The lowest BCUT2D eigenvalue weighted by atomic mass is 9.82. The van der Waals surface area contributed by atoms with Crippen molar-refractivity contribution in [2.75, 3.05) is 13.1 Å². The average Bonchev–Trinajstić information content (AvgIpc) is 3.50. The fourth-order valence-corrected chi connectivity index (χ4v) is 5.84. The van der Waals surface area contributed by atoms with E-state index in [1.807, 2.05) is 6.20 Å². The topological polar surface area (TPSA) is 34.0 Å². The highest BCUT2D eigenvalue weighted by atomic mass is 32.1. The molecule has 3 aromatic rings. The summed E-state index contributed by atoms with van der Waals surface area (Å²) in [6.45, 7) is 4.45. The molecule has 1 atom stereocenters. The molecule has 5 heterocycles. The smallest absolute Gasteiger partial charge is 0.0941 e. The Hall–Kier alpha value is -2.24. The van der Waals surface area contributed by atoms with E-state index in [4.69, 9.17) is 10.1 Å². The Kier molecular flexibility index (Phi) is 3.81. The third-order valence-electron chi connectivity index (χ3n) is 6.69. The van der Waals surface area contributed by atoms with E-state index in [1.165, 1.54) is 41.9 Å². The van der Waals surface area contributed by atoms with Gasteiger partial charge in [-0.1, -0.05) is 12.2 Å². The van der Waals surface area contributed by atoms with E-state index in [1.54, 1.807) is 11.3 Å². The summed E-state index contributed by atoms with van der Waals surface area (Å²) in [7, 11) is 0. The molecule has 2 aliphatic heterocycles. The van der Waals surface area contributed by atoms with Crippen LogP contribution in [-0.4, -0.2) is 32.8 Å². The number of fused-ring (bicyclic) bond motifs is 3. The number of allylic oxidation sites excluding steroid dienone is 1. The van der Waals surface area contributed by atoms with E-state index in [9.17, 15) is 0 Å². The van der Waals surface area contributed by atoms with Gasteiger partial charge in [0.2, 0.25) is 0 Å². The number of nitrogens with zero attached hydrogens (tertiary/aromatic N) is 4. The van der Waals surface area contributed by atoms with Gasteiger partial charge in [0.25, 0.3) is 0 Å². The highest BCUT2D eigenvalue weighted by Gasteiger charge is 2.45. The fraction of sp³-hybridized carbons (Fsp3) is 0.391. The summed E-state index contributed by atoms with van der Waals surface area (Å²) < 4.78 is 2.26. The number of aryl methyl sites for hydroxylation is 2. The lowest BCUT2D eigenvalue weighted by Crippen LogP contribution is -2.28. The summed E-state index contributed by atoms with van der Waals surface area (Å²) >= 11 is 1.79. The van der Waals surface area contributed by atoms with Gasteiger partial charge in [0.1, 0.15) is 0 Å². The van der Waals surface area contributed by atoms with E-state index in [0.29, 0.717) is 0 Å². The number of likely N-dealkylation sites (tertiary alicyclic amines) is 1. The quantitative estimate of drug-likeness (QED) is 0.662. The Bertz CT molecular complexity index is 1050. The van der Waals surface area contributed by atoms with Crippen LogP contribution in [0.15, 0.2) is 41.2 Å². The molecule has 0 radical (unpaired) electrons. The third-order valence-corrected chi connectivity index (χ3v) is 7.42. The molecular weight excluding hydrogens is 364 g/mol. The molecule has 4 nitrogen and oxygen atoms in total. The molecule has 0 bridgehead atoms. The minimum atomic E-state index is 0.281. The highest BCUT2D eigenvalue weighted by Crippen LogP contribution is 2.44. The Morgan fingerprint density at radius 3 is 3.07 bits per heavy atom.